The second-order valence-corrected chi connectivity index (χ2v) is 5.06. The van der Waals surface area contributed by atoms with E-state index in [1.807, 2.05) is 10.5 Å². The Balaban J connectivity index is 2.32. The van der Waals surface area contributed by atoms with Gasteiger partial charge in [0.2, 0.25) is 5.78 Å². The van der Waals surface area contributed by atoms with Crippen LogP contribution < -0.4 is 0 Å². The molecule has 0 unspecified atom stereocenters. The van der Waals surface area contributed by atoms with Gasteiger partial charge in [0, 0.05) is 13.2 Å². The highest BCUT2D eigenvalue weighted by molar-refractivity contribution is 5.88. The third kappa shape index (κ3) is 1.62. The van der Waals surface area contributed by atoms with Crippen LogP contribution in [0.3, 0.4) is 0 Å². The van der Waals surface area contributed by atoms with Gasteiger partial charge in [0.15, 0.2) is 0 Å². The molecule has 19 heavy (non-hydrogen) atoms. The third-order valence-electron chi connectivity index (χ3n) is 3.49. The molecule has 1 N–H and O–H groups in total. The monoisotopic (exact) mass is 257 g/mol. The van der Waals surface area contributed by atoms with Gasteiger partial charge in [-0.1, -0.05) is 19.9 Å². The Bertz CT molecular complexity index is 796. The van der Waals surface area contributed by atoms with Crippen LogP contribution in [-0.4, -0.2) is 25.0 Å². The Morgan fingerprint density at radius 2 is 2.11 bits per heavy atom. The maximum absolute atomic E-state index is 11.1. The van der Waals surface area contributed by atoms with Crippen molar-refractivity contribution >= 4 is 22.8 Å². The molecule has 0 atom stereocenters. The summed E-state index contributed by atoms with van der Waals surface area (Å²) in [5.74, 6) is 0.150. The summed E-state index contributed by atoms with van der Waals surface area (Å²) < 4.78 is 3.42. The summed E-state index contributed by atoms with van der Waals surface area (Å²) in [5, 5.41) is 9.11. The number of aromatic nitrogens is 3. The molecule has 2 aromatic heterocycles. The van der Waals surface area contributed by atoms with Crippen molar-refractivity contribution in [1.82, 2.24) is 14.0 Å². The van der Waals surface area contributed by atoms with E-state index in [9.17, 15) is 4.79 Å². The first kappa shape index (κ1) is 11.8. The number of carboxylic acid groups (broad SMARTS) is 1. The highest BCUT2D eigenvalue weighted by Crippen LogP contribution is 2.23. The van der Waals surface area contributed by atoms with Crippen molar-refractivity contribution in [1.29, 1.82) is 0 Å². The van der Waals surface area contributed by atoms with Crippen molar-refractivity contribution in [3.05, 3.63) is 35.7 Å². The topological polar surface area (TPSA) is 59.5 Å². The molecule has 0 aliphatic rings. The summed E-state index contributed by atoms with van der Waals surface area (Å²) in [7, 11) is 1.72. The molecule has 0 aliphatic carbocycles. The molecule has 5 heteroatoms. The van der Waals surface area contributed by atoms with E-state index in [1.165, 1.54) is 5.56 Å². The molecule has 2 heterocycles. The average Bonchev–Trinajstić information content (AvgIpc) is 2.86. The molecule has 0 spiro atoms. The minimum absolute atomic E-state index is 0.234. The molecule has 0 amide bonds. The molecule has 0 aliphatic heterocycles. The van der Waals surface area contributed by atoms with E-state index in [2.05, 4.69) is 31.0 Å². The zero-order valence-electron chi connectivity index (χ0n) is 11.1. The molecule has 3 aromatic rings. The smallest absolute Gasteiger partial charge is 0.354 e. The number of hydrogen-bond donors (Lipinski definition) is 1. The van der Waals surface area contributed by atoms with E-state index >= 15 is 0 Å². The molecule has 3 rings (SSSR count). The first-order valence-electron chi connectivity index (χ1n) is 6.19. The Morgan fingerprint density at radius 1 is 1.37 bits per heavy atom. The summed E-state index contributed by atoms with van der Waals surface area (Å²) in [6, 6.07) is 6.12. The number of rotatable bonds is 2. The first-order chi connectivity index (χ1) is 8.99. The van der Waals surface area contributed by atoms with Gasteiger partial charge in [0.05, 0.1) is 11.0 Å². The summed E-state index contributed by atoms with van der Waals surface area (Å²) >= 11 is 0. The van der Waals surface area contributed by atoms with Crippen LogP contribution in [0.15, 0.2) is 24.4 Å². The maximum Gasteiger partial charge on any atom is 0.354 e. The Kier molecular flexibility index (Phi) is 2.38. The number of carboxylic acids is 1. The van der Waals surface area contributed by atoms with Gasteiger partial charge in [-0.3, -0.25) is 4.40 Å². The van der Waals surface area contributed by atoms with Crippen LogP contribution in [0.25, 0.3) is 16.8 Å². The number of imidazole rings is 2. The zero-order valence-corrected chi connectivity index (χ0v) is 11.1. The highest BCUT2D eigenvalue weighted by atomic mass is 16.4. The van der Waals surface area contributed by atoms with Crippen LogP contribution in [0.2, 0.25) is 0 Å². The van der Waals surface area contributed by atoms with Crippen molar-refractivity contribution in [2.45, 2.75) is 19.8 Å². The molecule has 1 aromatic carbocycles. The summed E-state index contributed by atoms with van der Waals surface area (Å²) in [5.41, 5.74) is 3.29. The van der Waals surface area contributed by atoms with E-state index in [4.69, 9.17) is 5.11 Å². The lowest BCUT2D eigenvalue weighted by molar-refractivity contribution is 0.0687. The fraction of sp³-hybridized carbons (Fsp3) is 0.286. The number of aromatic carboxylic acids is 1. The average molecular weight is 257 g/mol. The molecule has 98 valence electrons. The minimum Gasteiger partial charge on any atom is -0.477 e. The van der Waals surface area contributed by atoms with Gasteiger partial charge in [-0.25, -0.2) is 9.78 Å². The molecular weight excluding hydrogens is 242 g/mol. The summed E-state index contributed by atoms with van der Waals surface area (Å²) in [6.07, 6.45) is 1.61. The molecular formula is C14H15N3O2. The van der Waals surface area contributed by atoms with E-state index in [-0.39, 0.29) is 5.69 Å². The fourth-order valence-corrected chi connectivity index (χ4v) is 2.34. The van der Waals surface area contributed by atoms with Crippen molar-refractivity contribution in [2.75, 3.05) is 0 Å². The molecule has 0 fully saturated rings. The second kappa shape index (κ2) is 3.85. The SMILES string of the molecule is CC(C)c1ccc2c(c1)nc1n(C)c(C(=O)O)cn21. The van der Waals surface area contributed by atoms with E-state index in [0.717, 1.165) is 11.0 Å². The lowest BCUT2D eigenvalue weighted by Crippen LogP contribution is -2.03. The quantitative estimate of drug-likeness (QED) is 0.767. The molecule has 0 saturated carbocycles. The molecule has 5 nitrogen and oxygen atoms in total. The van der Waals surface area contributed by atoms with Crippen LogP contribution in [0.5, 0.6) is 0 Å². The van der Waals surface area contributed by atoms with Gasteiger partial charge >= 0.3 is 5.97 Å². The van der Waals surface area contributed by atoms with Gasteiger partial charge < -0.3 is 9.67 Å². The van der Waals surface area contributed by atoms with Crippen LogP contribution >= 0.6 is 0 Å². The van der Waals surface area contributed by atoms with Crippen molar-refractivity contribution in [3.63, 3.8) is 0 Å². The third-order valence-corrected chi connectivity index (χ3v) is 3.49. The van der Waals surface area contributed by atoms with Crippen LogP contribution in [0, 0.1) is 0 Å². The first-order valence-corrected chi connectivity index (χ1v) is 6.19. The number of aryl methyl sites for hydroxylation is 1. The molecule has 0 bridgehead atoms. The Labute approximate surface area is 110 Å². The number of fused-ring (bicyclic) bond motifs is 3. The van der Waals surface area contributed by atoms with Gasteiger partial charge in [-0.2, -0.15) is 0 Å². The van der Waals surface area contributed by atoms with E-state index in [1.54, 1.807) is 17.8 Å². The Morgan fingerprint density at radius 3 is 2.74 bits per heavy atom. The van der Waals surface area contributed by atoms with Crippen molar-refractivity contribution in [3.8, 4) is 0 Å². The second-order valence-electron chi connectivity index (χ2n) is 5.06. The number of benzene rings is 1. The van der Waals surface area contributed by atoms with Gasteiger partial charge in [-0.15, -0.1) is 0 Å². The maximum atomic E-state index is 11.1. The lowest BCUT2D eigenvalue weighted by atomic mass is 10.0. The van der Waals surface area contributed by atoms with Crippen LogP contribution in [0.1, 0.15) is 35.8 Å². The fourth-order valence-electron chi connectivity index (χ4n) is 2.34. The van der Waals surface area contributed by atoms with Crippen molar-refractivity contribution < 1.29 is 9.90 Å². The van der Waals surface area contributed by atoms with E-state index in [0.29, 0.717) is 11.7 Å². The van der Waals surface area contributed by atoms with Crippen LogP contribution in [0.4, 0.5) is 0 Å². The summed E-state index contributed by atoms with van der Waals surface area (Å²) in [6.45, 7) is 4.28. The number of carbonyl (C=O) groups is 1. The summed E-state index contributed by atoms with van der Waals surface area (Å²) in [4.78, 5) is 15.6. The molecule has 0 radical (unpaired) electrons. The normalized spacial score (nSPS) is 11.8. The van der Waals surface area contributed by atoms with Gasteiger partial charge in [0.1, 0.15) is 5.69 Å². The predicted molar refractivity (Wildman–Crippen MR) is 72.7 cm³/mol. The van der Waals surface area contributed by atoms with Crippen LogP contribution in [-0.2, 0) is 7.05 Å². The number of hydrogen-bond acceptors (Lipinski definition) is 2. The highest BCUT2D eigenvalue weighted by Gasteiger charge is 2.16. The largest absolute Gasteiger partial charge is 0.477 e. The standard InChI is InChI=1S/C14H15N3O2/c1-8(2)9-4-5-11-10(6-9)15-14-16(3)12(13(18)19)7-17(11)14/h4-8H,1-3H3,(H,18,19). The van der Waals surface area contributed by atoms with Gasteiger partial charge in [-0.05, 0) is 23.6 Å². The predicted octanol–water partition coefficient (Wildman–Crippen LogP) is 2.65. The van der Waals surface area contributed by atoms with Gasteiger partial charge in [0.25, 0.3) is 0 Å². The van der Waals surface area contributed by atoms with Crippen molar-refractivity contribution in [2.24, 2.45) is 7.05 Å². The van der Waals surface area contributed by atoms with E-state index < -0.39 is 5.97 Å². The zero-order chi connectivity index (χ0) is 13.7. The minimum atomic E-state index is -0.944. The number of nitrogens with zero attached hydrogens (tertiary/aromatic N) is 3. The molecule has 0 saturated heterocycles. The Hall–Kier alpha value is -2.30. The lowest BCUT2D eigenvalue weighted by Gasteiger charge is -2.03.